The number of anilines is 9. The molecule has 19 rings (SSSR count). The number of aromatic nitrogens is 19. The minimum absolute atomic E-state index is 0.156. The summed E-state index contributed by atoms with van der Waals surface area (Å²) in [6.45, 7) is 16.8. The number of nitrogens with zero attached hydrogens (tertiary/aromatic N) is 22. The van der Waals surface area contributed by atoms with E-state index in [0.717, 1.165) is 104 Å². The lowest BCUT2D eigenvalue weighted by Crippen LogP contribution is -2.39. The highest BCUT2D eigenvalue weighted by molar-refractivity contribution is 7.72. The molecule has 2 saturated heterocycles. The Labute approximate surface area is 805 Å². The first-order valence-corrected chi connectivity index (χ1v) is 57.1. The summed E-state index contributed by atoms with van der Waals surface area (Å²) in [4.78, 5) is 69.2. The van der Waals surface area contributed by atoms with Crippen LogP contribution in [0.2, 0.25) is 0 Å². The van der Waals surface area contributed by atoms with E-state index in [0.29, 0.717) is 149 Å². The summed E-state index contributed by atoms with van der Waals surface area (Å²) >= 11 is 0. The highest BCUT2D eigenvalue weighted by Crippen LogP contribution is 2.51. The van der Waals surface area contributed by atoms with Crippen LogP contribution in [0.25, 0.3) is 33.8 Å². The van der Waals surface area contributed by atoms with Crippen LogP contribution in [0.15, 0.2) is 213 Å². The van der Waals surface area contributed by atoms with Gasteiger partial charge in [-0.3, -0.25) is 18.7 Å². The van der Waals surface area contributed by atoms with Gasteiger partial charge < -0.3 is 82.9 Å². The molecule has 0 spiro atoms. The molecule has 2 atom stereocenters. The van der Waals surface area contributed by atoms with Gasteiger partial charge in [0.1, 0.15) is 99.2 Å². The van der Waals surface area contributed by atoms with Crippen LogP contribution in [0.4, 0.5) is 58.2 Å². The summed E-state index contributed by atoms with van der Waals surface area (Å²) in [7, 11) is 0.405. The zero-order chi connectivity index (χ0) is 98.3. The molecule has 5 aromatic carbocycles. The van der Waals surface area contributed by atoms with Crippen molar-refractivity contribution in [3.05, 3.63) is 231 Å². The predicted octanol–water partition coefficient (Wildman–Crippen LogP) is 15.6. The minimum Gasteiger partial charge on any atom is -0.495 e. The minimum atomic E-state index is -2.38. The maximum atomic E-state index is 13.3. The van der Waals surface area contributed by atoms with Crippen LogP contribution in [-0.2, 0) is 35.8 Å². The molecule has 2 unspecified atom stereocenters. The molecule has 1 aliphatic carbocycles. The first-order valence-electron chi connectivity index (χ1n) is 45.7. The molecular formula is C96H116N27O11P5. The Morgan fingerprint density at radius 2 is 1.24 bits per heavy atom. The largest absolute Gasteiger partial charge is 0.495 e. The molecule has 43 heteroatoms. The fourth-order valence-corrected chi connectivity index (χ4v) is 25.4. The number of amides is 1. The molecule has 0 saturated carbocycles. The number of aryl methyl sites for hydroxylation is 1. The fourth-order valence-electron chi connectivity index (χ4n) is 16.3. The molecule has 1 amide bonds. The van der Waals surface area contributed by atoms with Crippen molar-refractivity contribution in [3.8, 4) is 40.0 Å². The highest BCUT2D eigenvalue weighted by Gasteiger charge is 2.34. The van der Waals surface area contributed by atoms with Crippen molar-refractivity contribution in [2.24, 2.45) is 4.99 Å². The van der Waals surface area contributed by atoms with Crippen LogP contribution >= 0.6 is 35.7 Å². The molecule has 726 valence electrons. The van der Waals surface area contributed by atoms with Crippen molar-refractivity contribution in [1.29, 1.82) is 0 Å². The molecule has 38 nitrogen and oxygen atoms in total. The lowest BCUT2D eigenvalue weighted by Gasteiger charge is -2.30. The predicted molar refractivity (Wildman–Crippen MR) is 550 cm³/mol. The molecule has 13 heterocycles. The zero-order valence-corrected chi connectivity index (χ0v) is 84.9. The standard InChI is InChI=1S/C20H21N6O2P.C20H24N5O2P.C20H25N4O2P.C18H21N6O3P.C18H25N6O2P/c1-28-16-8-14(9-21-11-16)10-23-20-24-13-19-22-12-18(26(19)25-20)15-4-6-17(7-5-15)29(2,3)27;1-4-28(26,5-2)14-10-11-16(18(12-14)27-3)22-19-21-13-25-17-9-7-6-8-15(17)23-20(25)24-19;1-3-15-12-22-20-13-21-19(14-24(15)20)23-17-8-7-16(11-18(17)26-2)27(25)9-5-4-6-10-27;1-27-15-6-4-3-5-14(15)21-18-19-12-24-16(22-18)13(11-20-24)17(25)23-7-9-28(2,26)10-8-23;1-6-27(25,7-2)13-8-9-14(15(10-13)26-5)21-16-11-17-19-12-20-24(17)18(22-16)23(3)4/h4-9,11-13H,10H2,1-3H3,(H,23,25);6-13,15,17H,4-5H2,1-3H3,(H,22,23,24);7-8,11-14,23H,3-6,9-10H2,1-2H3;3-6,11-12H,7-10H2,1-2H3,(H,21,22);8-12,21H,6-7H2,1-5H3. The first-order chi connectivity index (χ1) is 67.0. The van der Waals surface area contributed by atoms with Crippen LogP contribution in [0, 0.1) is 0 Å². The Morgan fingerprint density at radius 3 is 1.94 bits per heavy atom. The van der Waals surface area contributed by atoms with Crippen LogP contribution in [0.1, 0.15) is 81.5 Å². The smallest absolute Gasteiger partial charge is 0.259 e. The van der Waals surface area contributed by atoms with E-state index in [1.807, 2.05) is 195 Å². The van der Waals surface area contributed by atoms with E-state index < -0.39 is 35.7 Å². The number of carbonyl (C=O) groups excluding carboxylic acids is 1. The number of pyridine rings is 1. The van der Waals surface area contributed by atoms with Crippen molar-refractivity contribution in [2.45, 2.75) is 78.9 Å². The van der Waals surface area contributed by atoms with Gasteiger partial charge in [-0.2, -0.15) is 29.7 Å². The Morgan fingerprint density at radius 1 is 0.583 bits per heavy atom. The van der Waals surface area contributed by atoms with Gasteiger partial charge in [-0.1, -0.05) is 102 Å². The maximum absolute atomic E-state index is 13.3. The second-order valence-corrected chi connectivity index (χ2v) is 51.1. The van der Waals surface area contributed by atoms with Crippen LogP contribution in [0.3, 0.4) is 0 Å². The number of allylic oxidation sites excluding steroid dienone is 2. The number of hydrogen-bond acceptors (Lipinski definition) is 32. The second-order valence-electron chi connectivity index (χ2n) is 34.1. The number of imidazole rings is 2. The number of para-hydroxylation sites is 2. The Hall–Kier alpha value is -13.8. The monoisotopic (exact) mass is 1980 g/mol. The third kappa shape index (κ3) is 23.1. The van der Waals surface area contributed by atoms with Gasteiger partial charge in [0.25, 0.3) is 11.5 Å². The lowest BCUT2D eigenvalue weighted by atomic mass is 10.1. The summed E-state index contributed by atoms with van der Waals surface area (Å²) in [5, 5.41) is 32.7. The van der Waals surface area contributed by atoms with E-state index in [-0.39, 0.29) is 18.0 Å². The van der Waals surface area contributed by atoms with E-state index in [2.05, 4.69) is 121 Å². The second kappa shape index (κ2) is 43.9. The molecule has 10 aromatic heterocycles. The normalized spacial score (nSPS) is 15.2. The zero-order valence-electron chi connectivity index (χ0n) is 80.5. The summed E-state index contributed by atoms with van der Waals surface area (Å²) in [5.74, 6) is 6.64. The van der Waals surface area contributed by atoms with E-state index >= 15 is 0 Å². The number of nitrogens with one attached hydrogen (secondary N) is 5. The molecular weight excluding hydrogens is 1860 g/mol. The SMILES string of the molecule is CCP(=O)(CC)c1ccc(N=c2ncn3c(n2)NC2C=CC=CC23)c(OC)c1.CCP(=O)(CC)c1ccc(Nc2cc3ncnn3c(N(C)C)n2)c(OC)c1.CCc1cnc2cnc(Nc3ccc(P4(=O)CCCCC4)cc3OC)cn12.COc1ccccc1Nc1ncn2ncc(C(=O)N3CCP(C)(=O)CC3)c2n1.COc1cncc(CNc2ncc3ncc(-c4ccc(P(C)(C)=O)cc4)n3n2)c1. The van der Waals surface area contributed by atoms with Gasteiger partial charge in [0.05, 0.1) is 115 Å². The van der Waals surface area contributed by atoms with Gasteiger partial charge in [0.15, 0.2) is 22.6 Å². The molecule has 5 N–H and O–H groups in total. The number of ether oxygens (including phenoxy) is 5. The first kappa shape index (κ1) is 99.7. The number of methoxy groups -OCH3 is 5. The number of rotatable bonds is 27. The Balaban J connectivity index is 0.000000132. The fraction of sp³-hybridized carbons (Fsp3) is 0.333. The van der Waals surface area contributed by atoms with Crippen LogP contribution in [-0.4, -0.2) is 242 Å². The number of carbonyl (C=O) groups is 1. The van der Waals surface area contributed by atoms with Crippen molar-refractivity contribution in [1.82, 2.24) is 97.5 Å². The average molecular weight is 1980 g/mol. The third-order valence-corrected chi connectivity index (χ3v) is 38.2. The number of benzene rings is 5. The lowest BCUT2D eigenvalue weighted by molar-refractivity contribution is 0.0771. The summed E-state index contributed by atoms with van der Waals surface area (Å²) in [6.07, 6.45) is 36.4. The Bertz CT molecular complexity index is 7320. The summed E-state index contributed by atoms with van der Waals surface area (Å²) < 4.78 is 99.8. The van der Waals surface area contributed by atoms with Gasteiger partial charge in [0.2, 0.25) is 23.8 Å². The van der Waals surface area contributed by atoms with Gasteiger partial charge in [-0.15, -0.1) is 5.10 Å². The van der Waals surface area contributed by atoms with E-state index in [4.69, 9.17) is 23.7 Å². The topological polar surface area (TPSA) is 431 Å². The quantitative estimate of drug-likeness (QED) is 0.0298. The van der Waals surface area contributed by atoms with E-state index in [1.165, 1.54) is 29.8 Å². The summed E-state index contributed by atoms with van der Waals surface area (Å²) in [5.41, 5.74) is 10.1. The number of hydrogen-bond donors (Lipinski definition) is 5. The van der Waals surface area contributed by atoms with Gasteiger partial charge >= 0.3 is 0 Å². The molecule has 4 aliphatic rings. The molecule has 2 fully saturated rings. The molecule has 0 bridgehead atoms. The number of fused-ring (bicyclic) bond motifs is 7. The average Bonchev–Trinajstić information content (AvgIpc) is 1.60. The molecule has 15 aromatic rings. The summed E-state index contributed by atoms with van der Waals surface area (Å²) in [6, 6.07) is 36.2. The van der Waals surface area contributed by atoms with E-state index in [1.54, 1.807) is 107 Å². The van der Waals surface area contributed by atoms with Crippen LogP contribution < -0.4 is 82.0 Å². The molecule has 139 heavy (non-hydrogen) atoms. The Kier molecular flexibility index (Phi) is 31.5. The van der Waals surface area contributed by atoms with Crippen molar-refractivity contribution in [3.63, 3.8) is 0 Å². The van der Waals surface area contributed by atoms with Crippen LogP contribution in [0.5, 0.6) is 28.7 Å². The highest BCUT2D eigenvalue weighted by atomic mass is 31.2. The van der Waals surface area contributed by atoms with Gasteiger partial charge in [0, 0.05) is 134 Å². The van der Waals surface area contributed by atoms with Gasteiger partial charge in [-0.05, 0) is 118 Å². The molecule has 3 aliphatic heterocycles. The van der Waals surface area contributed by atoms with Crippen molar-refractivity contribution in [2.75, 3.05) is 164 Å². The molecule has 0 radical (unpaired) electrons. The van der Waals surface area contributed by atoms with Crippen molar-refractivity contribution >= 4 is 144 Å². The van der Waals surface area contributed by atoms with E-state index in [9.17, 15) is 27.6 Å². The van der Waals surface area contributed by atoms with Gasteiger partial charge in [-0.25, -0.2) is 48.9 Å². The maximum Gasteiger partial charge on any atom is 0.259 e. The third-order valence-electron chi connectivity index (χ3n) is 24.6. The van der Waals surface area contributed by atoms with Crippen molar-refractivity contribution < 1.29 is 51.3 Å².